The van der Waals surface area contributed by atoms with Gasteiger partial charge in [-0.1, -0.05) is 0 Å². The maximum atomic E-state index is 11.3. The number of hydrogen-bond acceptors (Lipinski definition) is 7. The summed E-state index contributed by atoms with van der Waals surface area (Å²) in [4.78, 5) is 24.2. The molecule has 2 rings (SSSR count). The second-order valence-corrected chi connectivity index (χ2v) is 4.09. The number of nitrogens with zero attached hydrogens (tertiary/aromatic N) is 1. The maximum Gasteiger partial charge on any atom is 0.333 e. The molecule has 0 amide bonds. The smallest absolute Gasteiger partial charge is 0.333 e. The van der Waals surface area contributed by atoms with Crippen LogP contribution in [0.25, 0.3) is 0 Å². The SMILES string of the molecule is COc1cc(N2CC(=O)OC(=O)C2)cc(OC)c1OC. The van der Waals surface area contributed by atoms with E-state index in [1.807, 2.05) is 0 Å². The third-order valence-corrected chi connectivity index (χ3v) is 2.88. The molecule has 7 heteroatoms. The van der Waals surface area contributed by atoms with Crippen LogP contribution in [0.15, 0.2) is 12.1 Å². The van der Waals surface area contributed by atoms with E-state index >= 15 is 0 Å². The Kier molecular flexibility index (Phi) is 3.97. The van der Waals surface area contributed by atoms with Gasteiger partial charge < -0.3 is 23.8 Å². The minimum atomic E-state index is -0.588. The Bertz CT molecular complexity index is 501. The van der Waals surface area contributed by atoms with Crippen LogP contribution in [-0.2, 0) is 14.3 Å². The van der Waals surface area contributed by atoms with Crippen molar-refractivity contribution in [1.82, 2.24) is 0 Å². The van der Waals surface area contributed by atoms with Crippen molar-refractivity contribution in [1.29, 1.82) is 0 Å². The number of ether oxygens (including phenoxy) is 4. The van der Waals surface area contributed by atoms with Gasteiger partial charge in [0.2, 0.25) is 5.75 Å². The quantitative estimate of drug-likeness (QED) is 0.591. The molecule has 0 aromatic heterocycles. The van der Waals surface area contributed by atoms with Crippen LogP contribution in [0.1, 0.15) is 0 Å². The Morgan fingerprint density at radius 1 is 0.950 bits per heavy atom. The van der Waals surface area contributed by atoms with Crippen LogP contribution in [-0.4, -0.2) is 46.4 Å². The molecule has 0 N–H and O–H groups in total. The normalized spacial score (nSPS) is 14.8. The molecule has 0 aliphatic carbocycles. The van der Waals surface area contributed by atoms with Crippen LogP contribution in [0.4, 0.5) is 5.69 Å². The molecule has 0 saturated carbocycles. The van der Waals surface area contributed by atoms with Crippen molar-refractivity contribution in [3.8, 4) is 17.2 Å². The van der Waals surface area contributed by atoms with E-state index in [0.717, 1.165) is 0 Å². The van der Waals surface area contributed by atoms with Gasteiger partial charge in [0.15, 0.2) is 11.5 Å². The number of hydrogen-bond donors (Lipinski definition) is 0. The van der Waals surface area contributed by atoms with E-state index in [2.05, 4.69) is 4.74 Å². The van der Waals surface area contributed by atoms with Crippen LogP contribution >= 0.6 is 0 Å². The standard InChI is InChI=1S/C13H15NO6/c1-17-9-4-8(5-10(18-2)13(9)19-3)14-6-11(15)20-12(16)7-14/h4-5H,6-7H2,1-3H3. The van der Waals surface area contributed by atoms with E-state index < -0.39 is 11.9 Å². The maximum absolute atomic E-state index is 11.3. The molecule has 1 aliphatic rings. The molecule has 1 saturated heterocycles. The number of carbonyl (C=O) groups excluding carboxylic acids is 2. The molecule has 0 bridgehead atoms. The number of morpholine rings is 1. The molecule has 0 radical (unpaired) electrons. The first-order valence-electron chi connectivity index (χ1n) is 5.87. The monoisotopic (exact) mass is 281 g/mol. The molecule has 1 aliphatic heterocycles. The van der Waals surface area contributed by atoms with Crippen molar-refractivity contribution in [2.24, 2.45) is 0 Å². The summed E-state index contributed by atoms with van der Waals surface area (Å²) in [5.74, 6) is 0.177. The van der Waals surface area contributed by atoms with Crippen molar-refractivity contribution in [3.05, 3.63) is 12.1 Å². The van der Waals surface area contributed by atoms with Gasteiger partial charge in [0.1, 0.15) is 13.1 Å². The predicted octanol–water partition coefficient (Wildman–Crippen LogP) is 0.602. The van der Waals surface area contributed by atoms with Gasteiger partial charge in [0, 0.05) is 17.8 Å². The summed E-state index contributed by atoms with van der Waals surface area (Å²) in [6.07, 6.45) is 0. The summed E-state index contributed by atoms with van der Waals surface area (Å²) in [5, 5.41) is 0. The lowest BCUT2D eigenvalue weighted by Gasteiger charge is -2.27. The zero-order chi connectivity index (χ0) is 14.7. The largest absolute Gasteiger partial charge is 0.493 e. The number of benzene rings is 1. The van der Waals surface area contributed by atoms with Crippen molar-refractivity contribution >= 4 is 17.6 Å². The van der Waals surface area contributed by atoms with E-state index in [1.165, 1.54) is 21.3 Å². The topological polar surface area (TPSA) is 74.3 Å². The summed E-state index contributed by atoms with van der Waals surface area (Å²) < 4.78 is 20.2. The summed E-state index contributed by atoms with van der Waals surface area (Å²) in [6.45, 7) is -0.0191. The predicted molar refractivity (Wildman–Crippen MR) is 69.4 cm³/mol. The van der Waals surface area contributed by atoms with Gasteiger partial charge in [-0.05, 0) is 0 Å². The van der Waals surface area contributed by atoms with Gasteiger partial charge in [-0.2, -0.15) is 0 Å². The van der Waals surface area contributed by atoms with Crippen LogP contribution < -0.4 is 19.1 Å². The molecule has 0 atom stereocenters. The number of carbonyl (C=O) groups is 2. The number of cyclic esters (lactones) is 2. The van der Waals surface area contributed by atoms with E-state index in [-0.39, 0.29) is 13.1 Å². The van der Waals surface area contributed by atoms with Crippen LogP contribution in [0.5, 0.6) is 17.2 Å². The average molecular weight is 281 g/mol. The fourth-order valence-corrected chi connectivity index (χ4v) is 1.99. The second kappa shape index (κ2) is 5.68. The number of anilines is 1. The molecule has 7 nitrogen and oxygen atoms in total. The highest BCUT2D eigenvalue weighted by molar-refractivity contribution is 5.94. The molecule has 0 unspecified atom stereocenters. The highest BCUT2D eigenvalue weighted by Gasteiger charge is 2.26. The average Bonchev–Trinajstić information content (AvgIpc) is 2.44. The first kappa shape index (κ1) is 14.0. The van der Waals surface area contributed by atoms with E-state index in [0.29, 0.717) is 22.9 Å². The zero-order valence-electron chi connectivity index (χ0n) is 11.5. The lowest BCUT2D eigenvalue weighted by Crippen LogP contribution is -2.42. The van der Waals surface area contributed by atoms with Crippen LogP contribution in [0.3, 0.4) is 0 Å². The van der Waals surface area contributed by atoms with Gasteiger partial charge in [-0.3, -0.25) is 0 Å². The number of rotatable bonds is 4. The Labute approximate surface area is 116 Å². The Balaban J connectivity index is 2.41. The first-order chi connectivity index (χ1) is 9.58. The summed E-state index contributed by atoms with van der Waals surface area (Å²) in [7, 11) is 4.50. The summed E-state index contributed by atoms with van der Waals surface area (Å²) in [5.41, 5.74) is 0.615. The molecule has 1 heterocycles. The zero-order valence-corrected chi connectivity index (χ0v) is 11.5. The van der Waals surface area contributed by atoms with Crippen LogP contribution in [0.2, 0.25) is 0 Å². The summed E-state index contributed by atoms with van der Waals surface area (Å²) in [6, 6.07) is 3.35. The van der Waals surface area contributed by atoms with E-state index in [4.69, 9.17) is 14.2 Å². The van der Waals surface area contributed by atoms with Crippen molar-refractivity contribution < 1.29 is 28.5 Å². The molecular formula is C13H15NO6. The van der Waals surface area contributed by atoms with Gasteiger partial charge in [0.25, 0.3) is 0 Å². The third kappa shape index (κ3) is 2.61. The van der Waals surface area contributed by atoms with Gasteiger partial charge in [-0.15, -0.1) is 0 Å². The van der Waals surface area contributed by atoms with Crippen molar-refractivity contribution in [2.75, 3.05) is 39.3 Å². The van der Waals surface area contributed by atoms with E-state index in [1.54, 1.807) is 17.0 Å². The fraction of sp³-hybridized carbons (Fsp3) is 0.385. The van der Waals surface area contributed by atoms with Crippen molar-refractivity contribution in [2.45, 2.75) is 0 Å². The molecule has 0 spiro atoms. The number of esters is 2. The minimum Gasteiger partial charge on any atom is -0.493 e. The molecular weight excluding hydrogens is 266 g/mol. The minimum absolute atomic E-state index is 0.00955. The highest BCUT2D eigenvalue weighted by atomic mass is 16.6. The first-order valence-corrected chi connectivity index (χ1v) is 5.87. The Morgan fingerprint density at radius 3 is 1.85 bits per heavy atom. The molecule has 20 heavy (non-hydrogen) atoms. The number of methoxy groups -OCH3 is 3. The van der Waals surface area contributed by atoms with Gasteiger partial charge >= 0.3 is 11.9 Å². The summed E-state index contributed by atoms with van der Waals surface area (Å²) >= 11 is 0. The van der Waals surface area contributed by atoms with Gasteiger partial charge in [0.05, 0.1) is 21.3 Å². The fourth-order valence-electron chi connectivity index (χ4n) is 1.99. The molecule has 108 valence electrons. The van der Waals surface area contributed by atoms with Crippen molar-refractivity contribution in [3.63, 3.8) is 0 Å². The molecule has 1 aromatic rings. The van der Waals surface area contributed by atoms with E-state index in [9.17, 15) is 9.59 Å². The lowest BCUT2D eigenvalue weighted by molar-refractivity contribution is -0.160. The Hall–Kier alpha value is -2.44. The molecule has 1 aromatic carbocycles. The highest BCUT2D eigenvalue weighted by Crippen LogP contribution is 2.41. The molecule has 1 fully saturated rings. The second-order valence-electron chi connectivity index (χ2n) is 4.09. The van der Waals surface area contributed by atoms with Gasteiger partial charge in [-0.25, -0.2) is 9.59 Å². The third-order valence-electron chi connectivity index (χ3n) is 2.88. The van der Waals surface area contributed by atoms with Crippen LogP contribution in [0, 0.1) is 0 Å². The Morgan fingerprint density at radius 2 is 1.45 bits per heavy atom. The lowest BCUT2D eigenvalue weighted by atomic mass is 10.2.